The number of hydrogen-bond donors (Lipinski definition) is 1. The summed E-state index contributed by atoms with van der Waals surface area (Å²) >= 11 is 0. The highest BCUT2D eigenvalue weighted by molar-refractivity contribution is 5.92. The molecule has 2 rings (SSSR count). The molecule has 4 heteroatoms. The lowest BCUT2D eigenvalue weighted by Gasteiger charge is -2.18. The molecule has 0 aliphatic heterocycles. The summed E-state index contributed by atoms with van der Waals surface area (Å²) in [5, 5.41) is 0.849. The number of ether oxygens (including phenoxy) is 1. The van der Waals surface area contributed by atoms with E-state index in [1.165, 1.54) is 7.11 Å². The van der Waals surface area contributed by atoms with Crippen molar-refractivity contribution >= 4 is 16.9 Å². The van der Waals surface area contributed by atoms with Gasteiger partial charge in [-0.3, -0.25) is 0 Å². The maximum absolute atomic E-state index is 11.3. The first-order valence-electron chi connectivity index (χ1n) is 5.33. The van der Waals surface area contributed by atoms with Gasteiger partial charge in [0.15, 0.2) is 0 Å². The van der Waals surface area contributed by atoms with Gasteiger partial charge in [0.25, 0.3) is 0 Å². The summed E-state index contributed by atoms with van der Waals surface area (Å²) in [5.74, 6) is -0.274. The molecule has 1 aromatic carbocycles. The lowest BCUT2D eigenvalue weighted by Crippen LogP contribution is -2.28. The number of methoxy groups -OCH3 is 1. The maximum Gasteiger partial charge on any atom is 0.373 e. The van der Waals surface area contributed by atoms with Crippen LogP contribution in [0.15, 0.2) is 28.7 Å². The number of benzene rings is 1. The molecule has 1 heterocycles. The SMILES string of the molecule is COC(=O)c1cc2cc(C(C)(C)N)ccc2o1. The number of nitrogens with two attached hydrogens (primary N) is 1. The van der Waals surface area contributed by atoms with Gasteiger partial charge in [0.2, 0.25) is 5.76 Å². The van der Waals surface area contributed by atoms with Crippen LogP contribution in [-0.4, -0.2) is 13.1 Å². The third-order valence-electron chi connectivity index (χ3n) is 2.65. The predicted octanol–water partition coefficient (Wildman–Crippen LogP) is 2.41. The Hall–Kier alpha value is -1.81. The van der Waals surface area contributed by atoms with Crippen LogP contribution in [0.4, 0.5) is 0 Å². The molecular weight excluding hydrogens is 218 g/mol. The first-order chi connectivity index (χ1) is 7.91. The molecule has 2 aromatic rings. The summed E-state index contributed by atoms with van der Waals surface area (Å²) < 4.78 is 9.98. The van der Waals surface area contributed by atoms with Gasteiger partial charge in [-0.1, -0.05) is 6.07 Å². The van der Waals surface area contributed by atoms with Gasteiger partial charge in [-0.25, -0.2) is 4.79 Å². The molecule has 0 aliphatic carbocycles. The smallest absolute Gasteiger partial charge is 0.373 e. The van der Waals surface area contributed by atoms with E-state index in [2.05, 4.69) is 4.74 Å². The maximum atomic E-state index is 11.3. The van der Waals surface area contributed by atoms with Crippen LogP contribution >= 0.6 is 0 Å². The summed E-state index contributed by atoms with van der Waals surface area (Å²) in [5.41, 5.74) is 7.24. The van der Waals surface area contributed by atoms with Gasteiger partial charge < -0.3 is 14.9 Å². The minimum atomic E-state index is -0.477. The average molecular weight is 233 g/mol. The summed E-state index contributed by atoms with van der Waals surface area (Å²) in [6.45, 7) is 3.85. The van der Waals surface area contributed by atoms with Gasteiger partial charge in [0, 0.05) is 10.9 Å². The minimum Gasteiger partial charge on any atom is -0.463 e. The Balaban J connectivity index is 2.52. The predicted molar refractivity (Wildman–Crippen MR) is 64.8 cm³/mol. The number of fused-ring (bicyclic) bond motifs is 1. The standard InChI is InChI=1S/C13H15NO3/c1-13(2,14)9-4-5-10-8(6-9)7-11(17-10)12(15)16-3/h4-7H,14H2,1-3H3. The second-order valence-electron chi connectivity index (χ2n) is 4.58. The van der Waals surface area contributed by atoms with Crippen LogP contribution in [-0.2, 0) is 10.3 Å². The monoisotopic (exact) mass is 233 g/mol. The molecule has 0 radical (unpaired) electrons. The lowest BCUT2D eigenvalue weighted by atomic mass is 9.95. The molecule has 17 heavy (non-hydrogen) atoms. The average Bonchev–Trinajstić information content (AvgIpc) is 2.69. The van der Waals surface area contributed by atoms with Crippen molar-refractivity contribution in [1.29, 1.82) is 0 Å². The van der Waals surface area contributed by atoms with Gasteiger partial charge in [0.05, 0.1) is 7.11 Å². The van der Waals surface area contributed by atoms with Crippen LogP contribution in [0.1, 0.15) is 30.0 Å². The molecule has 0 saturated heterocycles. The Morgan fingerprint density at radius 1 is 1.35 bits per heavy atom. The Bertz CT molecular complexity index is 564. The molecule has 0 spiro atoms. The van der Waals surface area contributed by atoms with Crippen molar-refractivity contribution in [3.63, 3.8) is 0 Å². The largest absolute Gasteiger partial charge is 0.463 e. The zero-order valence-electron chi connectivity index (χ0n) is 10.1. The van der Waals surface area contributed by atoms with Gasteiger partial charge in [-0.05, 0) is 37.6 Å². The number of rotatable bonds is 2. The van der Waals surface area contributed by atoms with Crippen LogP contribution in [0.25, 0.3) is 11.0 Å². The molecule has 4 nitrogen and oxygen atoms in total. The van der Waals surface area contributed by atoms with E-state index < -0.39 is 11.5 Å². The number of carbonyl (C=O) groups excluding carboxylic acids is 1. The summed E-state index contributed by atoms with van der Waals surface area (Å²) in [7, 11) is 1.32. The Morgan fingerprint density at radius 3 is 2.65 bits per heavy atom. The van der Waals surface area contributed by atoms with E-state index in [4.69, 9.17) is 10.2 Å². The van der Waals surface area contributed by atoms with E-state index in [9.17, 15) is 4.79 Å². The summed E-state index contributed by atoms with van der Waals surface area (Å²) in [4.78, 5) is 11.3. The van der Waals surface area contributed by atoms with E-state index in [-0.39, 0.29) is 5.76 Å². The fourth-order valence-electron chi connectivity index (χ4n) is 1.65. The van der Waals surface area contributed by atoms with Crippen LogP contribution < -0.4 is 5.73 Å². The molecule has 90 valence electrons. The quantitative estimate of drug-likeness (QED) is 0.809. The molecule has 0 saturated carbocycles. The molecule has 0 bridgehead atoms. The lowest BCUT2D eigenvalue weighted by molar-refractivity contribution is 0.0567. The van der Waals surface area contributed by atoms with Gasteiger partial charge in [-0.2, -0.15) is 0 Å². The second kappa shape index (κ2) is 3.89. The van der Waals surface area contributed by atoms with E-state index >= 15 is 0 Å². The van der Waals surface area contributed by atoms with Crippen LogP contribution in [0.2, 0.25) is 0 Å². The van der Waals surface area contributed by atoms with Crippen molar-refractivity contribution in [2.75, 3.05) is 7.11 Å². The van der Waals surface area contributed by atoms with Crippen LogP contribution in [0.5, 0.6) is 0 Å². The summed E-state index contributed by atoms with van der Waals surface area (Å²) in [6, 6.07) is 7.29. The number of furan rings is 1. The summed E-state index contributed by atoms with van der Waals surface area (Å²) in [6.07, 6.45) is 0. The molecule has 1 aromatic heterocycles. The van der Waals surface area contributed by atoms with Crippen molar-refractivity contribution in [1.82, 2.24) is 0 Å². The normalized spacial score (nSPS) is 11.8. The molecule has 0 amide bonds. The Labute approximate surface area is 99.3 Å². The molecule has 0 fully saturated rings. The van der Waals surface area contributed by atoms with Crippen molar-refractivity contribution in [2.24, 2.45) is 5.73 Å². The highest BCUT2D eigenvalue weighted by atomic mass is 16.5. The fourth-order valence-corrected chi connectivity index (χ4v) is 1.65. The van der Waals surface area contributed by atoms with Gasteiger partial charge in [-0.15, -0.1) is 0 Å². The van der Waals surface area contributed by atoms with Gasteiger partial charge >= 0.3 is 5.97 Å². The van der Waals surface area contributed by atoms with E-state index in [1.807, 2.05) is 32.0 Å². The Kier molecular flexibility index (Phi) is 2.67. The van der Waals surface area contributed by atoms with Crippen molar-refractivity contribution in [3.8, 4) is 0 Å². The first kappa shape index (κ1) is 11.7. The van der Waals surface area contributed by atoms with Gasteiger partial charge in [0.1, 0.15) is 5.58 Å². The first-order valence-corrected chi connectivity index (χ1v) is 5.33. The number of carbonyl (C=O) groups is 1. The zero-order chi connectivity index (χ0) is 12.6. The van der Waals surface area contributed by atoms with Crippen molar-refractivity contribution < 1.29 is 13.9 Å². The second-order valence-corrected chi connectivity index (χ2v) is 4.58. The topological polar surface area (TPSA) is 65.5 Å². The molecular formula is C13H15NO3. The number of esters is 1. The third kappa shape index (κ3) is 2.17. The molecule has 0 unspecified atom stereocenters. The van der Waals surface area contributed by atoms with Crippen LogP contribution in [0, 0.1) is 0 Å². The number of hydrogen-bond acceptors (Lipinski definition) is 4. The highest BCUT2D eigenvalue weighted by Crippen LogP contribution is 2.25. The van der Waals surface area contributed by atoms with Crippen LogP contribution in [0.3, 0.4) is 0 Å². The molecule has 0 atom stereocenters. The van der Waals surface area contributed by atoms with Crippen molar-refractivity contribution in [2.45, 2.75) is 19.4 Å². The highest BCUT2D eigenvalue weighted by Gasteiger charge is 2.17. The van der Waals surface area contributed by atoms with Crippen molar-refractivity contribution in [3.05, 3.63) is 35.6 Å². The zero-order valence-corrected chi connectivity index (χ0v) is 10.1. The van der Waals surface area contributed by atoms with E-state index in [0.717, 1.165) is 10.9 Å². The third-order valence-corrected chi connectivity index (χ3v) is 2.65. The fraction of sp³-hybridized carbons (Fsp3) is 0.308. The molecule has 2 N–H and O–H groups in total. The minimum absolute atomic E-state index is 0.203. The van der Waals surface area contributed by atoms with E-state index in [0.29, 0.717) is 5.58 Å². The van der Waals surface area contributed by atoms with E-state index in [1.54, 1.807) is 6.07 Å². The Morgan fingerprint density at radius 2 is 2.06 bits per heavy atom. The molecule has 0 aliphatic rings.